The van der Waals surface area contributed by atoms with E-state index in [-0.39, 0.29) is 73.0 Å². The van der Waals surface area contributed by atoms with Crippen LogP contribution in [-0.2, 0) is 33.5 Å². The van der Waals surface area contributed by atoms with E-state index in [1.165, 1.54) is 0 Å². The van der Waals surface area contributed by atoms with Crippen LogP contribution in [0.1, 0.15) is 143 Å². The number of hydroxylamine groups is 2. The number of hydrogen-bond donors (Lipinski definition) is 7. The molecule has 4 rings (SSSR count). The third kappa shape index (κ3) is 15.1. The van der Waals surface area contributed by atoms with Crippen molar-refractivity contribution in [3.63, 3.8) is 0 Å². The van der Waals surface area contributed by atoms with E-state index in [9.17, 15) is 33.9 Å². The maximum Gasteiger partial charge on any atom is 0.245 e. The molecule has 7 unspecified atom stereocenters. The van der Waals surface area contributed by atoms with Gasteiger partial charge in [0.05, 0.1) is 31.9 Å². The van der Waals surface area contributed by atoms with Crippen LogP contribution >= 0.6 is 0 Å². The highest BCUT2D eigenvalue weighted by molar-refractivity contribution is 5.92. The second-order valence-electron chi connectivity index (χ2n) is 17.1. The Kier molecular flexibility index (Phi) is 21.2. The first kappa shape index (κ1) is 48.0. The third-order valence-electron chi connectivity index (χ3n) is 12.1. The molecular weight excluding hydrogens is 736 g/mol. The minimum Gasteiger partial charge on any atom is -0.394 e. The summed E-state index contributed by atoms with van der Waals surface area (Å²) in [5.41, 5.74) is 3.21. The Labute approximate surface area is 338 Å². The summed E-state index contributed by atoms with van der Waals surface area (Å²) in [7, 11) is 0. The lowest BCUT2D eigenvalue weighted by Gasteiger charge is -2.39. The van der Waals surface area contributed by atoms with Crippen molar-refractivity contribution in [2.75, 3.05) is 26.4 Å². The highest BCUT2D eigenvalue weighted by Crippen LogP contribution is 2.30. The smallest absolute Gasteiger partial charge is 0.245 e. The molecule has 7 N–H and O–H groups in total. The van der Waals surface area contributed by atoms with Gasteiger partial charge in [0.2, 0.25) is 35.4 Å². The van der Waals surface area contributed by atoms with Gasteiger partial charge >= 0.3 is 0 Å². The molecule has 0 aromatic carbocycles. The molecule has 0 spiro atoms. The minimum absolute atomic E-state index is 0.0540. The second kappa shape index (κ2) is 25.2. The summed E-state index contributed by atoms with van der Waals surface area (Å²) in [4.78, 5) is 79.5. The van der Waals surface area contributed by atoms with Crippen LogP contribution in [0.3, 0.4) is 0 Å². The fourth-order valence-electron chi connectivity index (χ4n) is 8.67. The van der Waals surface area contributed by atoms with Gasteiger partial charge in [-0.15, -0.1) is 0 Å². The van der Waals surface area contributed by atoms with E-state index in [4.69, 9.17) is 15.2 Å². The van der Waals surface area contributed by atoms with Crippen LogP contribution in [0.5, 0.6) is 0 Å². The Morgan fingerprint density at radius 3 is 1.60 bits per heavy atom. The van der Waals surface area contributed by atoms with Crippen molar-refractivity contribution in [2.45, 2.75) is 173 Å². The minimum atomic E-state index is -0.695. The maximum atomic E-state index is 13.4. The zero-order valence-corrected chi connectivity index (χ0v) is 34.8. The largest absolute Gasteiger partial charge is 0.394 e. The summed E-state index contributed by atoms with van der Waals surface area (Å²) in [5, 5.41) is 33.3. The molecule has 16 heteroatoms. The molecule has 0 saturated carbocycles. The Morgan fingerprint density at radius 1 is 0.667 bits per heavy atom. The SMILES string of the molecule is CC(C)C1NC(=O)C(CC(=O)NO)CCCCCCCC2CCC(CO)N2C1=O.CC(C)C1NC(=O)C(CC(=O)NO)CCCCCCCC2COCCN2C1=O. The van der Waals surface area contributed by atoms with E-state index in [1.54, 1.807) is 11.0 Å². The van der Waals surface area contributed by atoms with Crippen molar-refractivity contribution < 1.29 is 49.0 Å². The van der Waals surface area contributed by atoms with Gasteiger partial charge in [0, 0.05) is 37.3 Å². The predicted octanol–water partition coefficient (Wildman–Crippen LogP) is 3.35. The lowest BCUT2D eigenvalue weighted by atomic mass is 9.93. The van der Waals surface area contributed by atoms with Crippen molar-refractivity contribution >= 4 is 35.4 Å². The van der Waals surface area contributed by atoms with Crippen LogP contribution in [-0.4, -0.2) is 117 Å². The lowest BCUT2D eigenvalue weighted by Crippen LogP contribution is -2.58. The molecule has 326 valence electrons. The van der Waals surface area contributed by atoms with Gasteiger partial charge in [0.15, 0.2) is 0 Å². The number of morpholine rings is 1. The number of aliphatic hydroxyl groups is 1. The average molecular weight is 809 g/mol. The average Bonchev–Trinajstić information content (AvgIpc) is 3.61. The number of amides is 6. The molecule has 4 saturated heterocycles. The normalized spacial score (nSPS) is 29.1. The molecule has 0 aromatic heterocycles. The first-order valence-electron chi connectivity index (χ1n) is 21.6. The molecule has 16 nitrogen and oxygen atoms in total. The fourth-order valence-corrected chi connectivity index (χ4v) is 8.67. The number of ether oxygens (including phenoxy) is 1. The Balaban J connectivity index is 0.000000306. The topological polar surface area (TPSA) is 227 Å². The first-order chi connectivity index (χ1) is 27.3. The van der Waals surface area contributed by atoms with Crippen LogP contribution in [0.4, 0.5) is 0 Å². The summed E-state index contributed by atoms with van der Waals surface area (Å²) in [6.45, 7) is 9.14. The lowest BCUT2D eigenvalue weighted by molar-refractivity contribution is -0.146. The molecule has 0 radical (unpaired) electrons. The van der Waals surface area contributed by atoms with Gasteiger partial charge < -0.3 is 30.3 Å². The molecular formula is C41H72N6O10. The van der Waals surface area contributed by atoms with Crippen molar-refractivity contribution in [3.8, 4) is 0 Å². The fraction of sp³-hybridized carbons (Fsp3) is 0.854. The van der Waals surface area contributed by atoms with Crippen molar-refractivity contribution in [2.24, 2.45) is 23.7 Å². The standard InChI is InChI=1S/C21H37N3O5.C20H35N3O5/c1-14(2)19-21(28)24-16(10-11-17(24)13-25)9-7-5-3-4-6-8-15(20(27)22-19)12-18(26)23-29;1-14(2)18-20(26)23-10-11-28-13-16(23)9-7-5-3-4-6-8-15(19(25)21-18)12-17(24)22-27/h14-17,19,25,29H,3-13H2,1-2H3,(H,22,27)(H,23,26);14-16,18,27H,3-13H2,1-2H3,(H,21,25)(H,22,24). The predicted molar refractivity (Wildman–Crippen MR) is 211 cm³/mol. The molecule has 4 aliphatic heterocycles. The van der Waals surface area contributed by atoms with Gasteiger partial charge in [-0.1, -0.05) is 91.9 Å². The monoisotopic (exact) mass is 809 g/mol. The van der Waals surface area contributed by atoms with Crippen LogP contribution in [0, 0.1) is 23.7 Å². The molecule has 7 atom stereocenters. The molecule has 0 aromatic rings. The molecule has 57 heavy (non-hydrogen) atoms. The Bertz CT molecular complexity index is 1300. The van der Waals surface area contributed by atoms with Crippen LogP contribution in [0.15, 0.2) is 0 Å². The van der Waals surface area contributed by atoms with E-state index in [0.29, 0.717) is 32.6 Å². The third-order valence-corrected chi connectivity index (χ3v) is 12.1. The second-order valence-corrected chi connectivity index (χ2v) is 17.1. The summed E-state index contributed by atoms with van der Waals surface area (Å²) >= 11 is 0. The first-order valence-corrected chi connectivity index (χ1v) is 21.6. The number of carbonyl (C=O) groups is 6. The summed E-state index contributed by atoms with van der Waals surface area (Å²) in [6, 6.07) is -1.36. The molecule has 4 aliphatic rings. The number of nitrogens with zero attached hydrogens (tertiary/aromatic N) is 2. The molecule has 0 aliphatic carbocycles. The molecule has 6 amide bonds. The van der Waals surface area contributed by atoms with E-state index in [2.05, 4.69) is 10.6 Å². The van der Waals surface area contributed by atoms with E-state index in [1.807, 2.05) is 37.5 Å². The highest BCUT2D eigenvalue weighted by atomic mass is 16.5. The maximum absolute atomic E-state index is 13.4. The van der Waals surface area contributed by atoms with Crippen molar-refractivity contribution in [1.29, 1.82) is 0 Å². The summed E-state index contributed by atoms with van der Waals surface area (Å²) < 4.78 is 5.60. The quantitative estimate of drug-likeness (QED) is 0.147. The molecule has 0 bridgehead atoms. The Morgan fingerprint density at radius 2 is 1.12 bits per heavy atom. The van der Waals surface area contributed by atoms with Gasteiger partial charge in [-0.05, 0) is 50.4 Å². The van der Waals surface area contributed by atoms with E-state index < -0.39 is 35.7 Å². The zero-order chi connectivity index (χ0) is 41.9. The van der Waals surface area contributed by atoms with Gasteiger partial charge in [-0.25, -0.2) is 11.0 Å². The summed E-state index contributed by atoms with van der Waals surface area (Å²) in [5.74, 6) is -3.33. The van der Waals surface area contributed by atoms with Crippen LogP contribution < -0.4 is 21.6 Å². The van der Waals surface area contributed by atoms with Gasteiger partial charge in [-0.3, -0.25) is 39.2 Å². The van der Waals surface area contributed by atoms with Crippen molar-refractivity contribution in [3.05, 3.63) is 0 Å². The number of hydrogen-bond acceptors (Lipinski definition) is 10. The van der Waals surface area contributed by atoms with Gasteiger partial charge in [-0.2, -0.15) is 0 Å². The molecule has 4 fully saturated rings. The van der Waals surface area contributed by atoms with E-state index >= 15 is 0 Å². The molecule has 4 heterocycles. The van der Waals surface area contributed by atoms with Gasteiger partial charge in [0.25, 0.3) is 0 Å². The zero-order valence-electron chi connectivity index (χ0n) is 34.8. The van der Waals surface area contributed by atoms with Crippen LogP contribution in [0.25, 0.3) is 0 Å². The number of carbonyl (C=O) groups excluding carboxylic acids is 6. The number of nitrogens with one attached hydrogen (secondary N) is 4. The van der Waals surface area contributed by atoms with Crippen molar-refractivity contribution in [1.82, 2.24) is 31.4 Å². The van der Waals surface area contributed by atoms with E-state index in [0.717, 1.165) is 89.9 Å². The number of aliphatic hydroxyl groups excluding tert-OH is 1. The Hall–Kier alpha value is -3.34. The number of rotatable bonds is 7. The summed E-state index contributed by atoms with van der Waals surface area (Å²) in [6.07, 6.45) is 14.5. The number of fused-ring (bicyclic) bond motifs is 2. The van der Waals surface area contributed by atoms with Crippen LogP contribution in [0.2, 0.25) is 0 Å². The van der Waals surface area contributed by atoms with Gasteiger partial charge in [0.1, 0.15) is 12.1 Å². The highest BCUT2D eigenvalue weighted by Gasteiger charge is 2.41.